The first-order valence-electron chi connectivity index (χ1n) is 9.03. The lowest BCUT2D eigenvalue weighted by Gasteiger charge is -2.31. The number of carbonyl (C=O) groups excluding carboxylic acids is 1. The van der Waals surface area contributed by atoms with E-state index in [4.69, 9.17) is 16.3 Å². The second-order valence-electron chi connectivity index (χ2n) is 6.83. The number of para-hydroxylation sites is 1. The van der Waals surface area contributed by atoms with Crippen LogP contribution in [-0.2, 0) is 4.74 Å². The van der Waals surface area contributed by atoms with Crippen LogP contribution in [0.4, 0.5) is 16.2 Å². The van der Waals surface area contributed by atoms with Gasteiger partial charge < -0.3 is 20.3 Å². The normalized spacial score (nSPS) is 15.7. The number of hydrogen-bond acceptors (Lipinski definition) is 5. The van der Waals surface area contributed by atoms with Crippen LogP contribution in [0, 0.1) is 12.8 Å². The smallest absolute Gasteiger partial charge is 0.319 e. The highest BCUT2D eigenvalue weighted by molar-refractivity contribution is 6.34. The molecular formula is C18H25ClN6O2. The minimum Gasteiger partial charge on any atom is -0.378 e. The Morgan fingerprint density at radius 2 is 2.07 bits per heavy atom. The van der Waals surface area contributed by atoms with Crippen LogP contribution in [0.25, 0.3) is 0 Å². The quantitative estimate of drug-likeness (QED) is 0.726. The number of nitrogens with zero attached hydrogens (tertiary/aromatic N) is 3. The topological polar surface area (TPSA) is 95.2 Å². The van der Waals surface area contributed by atoms with Crippen molar-refractivity contribution in [3.05, 3.63) is 34.9 Å². The van der Waals surface area contributed by atoms with Crippen LogP contribution in [0.15, 0.2) is 18.2 Å². The van der Waals surface area contributed by atoms with Crippen LogP contribution in [-0.4, -0.2) is 47.5 Å². The molecule has 0 saturated carbocycles. The van der Waals surface area contributed by atoms with Crippen molar-refractivity contribution in [2.45, 2.75) is 26.8 Å². The number of aromatic amines is 1. The first kappa shape index (κ1) is 19.4. The van der Waals surface area contributed by atoms with Gasteiger partial charge in [-0.25, -0.2) is 9.78 Å². The summed E-state index contributed by atoms with van der Waals surface area (Å²) in [5, 5.41) is 13.5. The molecule has 1 atom stereocenters. The maximum Gasteiger partial charge on any atom is 0.319 e. The summed E-state index contributed by atoms with van der Waals surface area (Å²) >= 11 is 6.42. The molecule has 1 aliphatic heterocycles. The molecule has 146 valence electrons. The SMILES string of the molecule is Cc1nc(C(NC(=O)Nc2cccc(Cl)c2N2CCOCC2)C(C)C)n[nH]1. The summed E-state index contributed by atoms with van der Waals surface area (Å²) in [5.74, 6) is 1.41. The number of ether oxygens (including phenoxy) is 1. The predicted octanol–water partition coefficient (Wildman–Crippen LogP) is 3.12. The Morgan fingerprint density at radius 3 is 2.70 bits per heavy atom. The summed E-state index contributed by atoms with van der Waals surface area (Å²) in [6.07, 6.45) is 0. The van der Waals surface area contributed by atoms with Gasteiger partial charge in [0.25, 0.3) is 0 Å². The maximum absolute atomic E-state index is 12.7. The van der Waals surface area contributed by atoms with E-state index < -0.39 is 0 Å². The minimum absolute atomic E-state index is 0.129. The van der Waals surface area contributed by atoms with E-state index in [2.05, 4.69) is 30.7 Å². The zero-order valence-electron chi connectivity index (χ0n) is 15.8. The van der Waals surface area contributed by atoms with Crippen molar-refractivity contribution in [2.24, 2.45) is 5.92 Å². The number of nitrogens with one attached hydrogen (secondary N) is 3. The molecule has 3 N–H and O–H groups in total. The number of aryl methyl sites for hydroxylation is 1. The van der Waals surface area contributed by atoms with Gasteiger partial charge in [0.1, 0.15) is 5.82 Å². The Hall–Kier alpha value is -2.32. The van der Waals surface area contributed by atoms with E-state index in [-0.39, 0.29) is 18.0 Å². The van der Waals surface area contributed by atoms with Crippen molar-refractivity contribution in [1.29, 1.82) is 0 Å². The lowest BCUT2D eigenvalue weighted by molar-refractivity contribution is 0.123. The van der Waals surface area contributed by atoms with Crippen LogP contribution in [0.1, 0.15) is 31.5 Å². The fourth-order valence-corrected chi connectivity index (χ4v) is 3.35. The van der Waals surface area contributed by atoms with Crippen molar-refractivity contribution in [3.63, 3.8) is 0 Å². The van der Waals surface area contributed by atoms with E-state index in [1.165, 1.54) is 0 Å². The molecule has 1 saturated heterocycles. The molecule has 0 aliphatic carbocycles. The van der Waals surface area contributed by atoms with E-state index in [0.717, 1.165) is 18.8 Å². The van der Waals surface area contributed by atoms with Gasteiger partial charge in [0.2, 0.25) is 0 Å². The lowest BCUT2D eigenvalue weighted by atomic mass is 10.0. The molecule has 1 aliphatic rings. The Morgan fingerprint density at radius 1 is 1.33 bits per heavy atom. The van der Waals surface area contributed by atoms with Crippen molar-refractivity contribution in [3.8, 4) is 0 Å². The van der Waals surface area contributed by atoms with Gasteiger partial charge in [-0.15, -0.1) is 0 Å². The molecule has 2 aromatic rings. The highest BCUT2D eigenvalue weighted by Gasteiger charge is 2.24. The third kappa shape index (κ3) is 4.70. The fourth-order valence-electron chi connectivity index (χ4n) is 3.05. The summed E-state index contributed by atoms with van der Waals surface area (Å²) in [6, 6.07) is 4.86. The number of urea groups is 1. The molecule has 0 spiro atoms. The van der Waals surface area contributed by atoms with Crippen LogP contribution >= 0.6 is 11.6 Å². The Bertz CT molecular complexity index is 788. The largest absolute Gasteiger partial charge is 0.378 e. The number of rotatable bonds is 5. The standard InChI is InChI=1S/C18H25ClN6O2/c1-11(2)15(17-20-12(3)23-24-17)22-18(26)21-14-6-4-5-13(19)16(14)25-7-9-27-10-8-25/h4-6,11,15H,7-10H2,1-3H3,(H,20,23,24)(H2,21,22,26). The Kier molecular flexibility index (Phi) is 6.18. The van der Waals surface area contributed by atoms with Gasteiger partial charge >= 0.3 is 6.03 Å². The van der Waals surface area contributed by atoms with Crippen molar-refractivity contribution < 1.29 is 9.53 Å². The van der Waals surface area contributed by atoms with Crippen LogP contribution in [0.2, 0.25) is 5.02 Å². The average Bonchev–Trinajstić information content (AvgIpc) is 3.06. The number of benzene rings is 1. The van der Waals surface area contributed by atoms with Gasteiger partial charge in [-0.05, 0) is 25.0 Å². The van der Waals surface area contributed by atoms with Gasteiger partial charge in [-0.1, -0.05) is 31.5 Å². The van der Waals surface area contributed by atoms with Crippen LogP contribution in [0.3, 0.4) is 0 Å². The second-order valence-corrected chi connectivity index (χ2v) is 7.24. The monoisotopic (exact) mass is 392 g/mol. The van der Waals surface area contributed by atoms with E-state index in [9.17, 15) is 4.79 Å². The van der Waals surface area contributed by atoms with Gasteiger partial charge in [0.05, 0.1) is 35.7 Å². The first-order chi connectivity index (χ1) is 13.0. The second kappa shape index (κ2) is 8.58. The Balaban J connectivity index is 1.76. The number of aromatic nitrogens is 3. The maximum atomic E-state index is 12.7. The van der Waals surface area contributed by atoms with E-state index in [0.29, 0.717) is 35.6 Å². The molecule has 27 heavy (non-hydrogen) atoms. The Labute approximate surface area is 163 Å². The number of hydrogen-bond donors (Lipinski definition) is 3. The summed E-state index contributed by atoms with van der Waals surface area (Å²) in [5.41, 5.74) is 1.48. The first-order valence-corrected chi connectivity index (χ1v) is 9.41. The third-order valence-corrected chi connectivity index (χ3v) is 4.71. The zero-order chi connectivity index (χ0) is 19.4. The number of anilines is 2. The number of morpholine rings is 1. The molecule has 2 heterocycles. The molecule has 0 bridgehead atoms. The number of halogens is 1. The summed E-state index contributed by atoms with van der Waals surface area (Å²) in [6.45, 7) is 8.57. The molecule has 1 unspecified atom stereocenters. The van der Waals surface area contributed by atoms with Gasteiger partial charge in [-0.2, -0.15) is 5.10 Å². The van der Waals surface area contributed by atoms with E-state index >= 15 is 0 Å². The molecule has 2 amide bonds. The molecule has 0 radical (unpaired) electrons. The third-order valence-electron chi connectivity index (χ3n) is 4.41. The molecular weight excluding hydrogens is 368 g/mol. The average molecular weight is 393 g/mol. The molecule has 1 aromatic heterocycles. The summed E-state index contributed by atoms with van der Waals surface area (Å²) in [7, 11) is 0. The van der Waals surface area contributed by atoms with Crippen molar-refractivity contribution in [2.75, 3.05) is 36.5 Å². The summed E-state index contributed by atoms with van der Waals surface area (Å²) in [4.78, 5) is 19.1. The van der Waals surface area contributed by atoms with Gasteiger partial charge in [0, 0.05) is 13.1 Å². The summed E-state index contributed by atoms with van der Waals surface area (Å²) < 4.78 is 5.41. The molecule has 3 rings (SSSR count). The number of amides is 2. The van der Waals surface area contributed by atoms with Gasteiger partial charge in [-0.3, -0.25) is 5.10 Å². The highest BCUT2D eigenvalue weighted by atomic mass is 35.5. The van der Waals surface area contributed by atoms with Crippen LogP contribution in [0.5, 0.6) is 0 Å². The number of H-pyrrole nitrogens is 1. The molecule has 9 heteroatoms. The predicted molar refractivity (Wildman–Crippen MR) is 105 cm³/mol. The van der Waals surface area contributed by atoms with Crippen molar-refractivity contribution in [1.82, 2.24) is 20.5 Å². The molecule has 1 aromatic carbocycles. The zero-order valence-corrected chi connectivity index (χ0v) is 16.5. The minimum atomic E-state index is -0.326. The highest BCUT2D eigenvalue weighted by Crippen LogP contribution is 2.34. The van der Waals surface area contributed by atoms with E-state index in [1.807, 2.05) is 39.0 Å². The van der Waals surface area contributed by atoms with E-state index in [1.54, 1.807) is 0 Å². The van der Waals surface area contributed by atoms with Crippen LogP contribution < -0.4 is 15.5 Å². The fraction of sp³-hybridized carbons (Fsp3) is 0.500. The van der Waals surface area contributed by atoms with Gasteiger partial charge in [0.15, 0.2) is 5.82 Å². The number of carbonyl (C=O) groups is 1. The molecule has 1 fully saturated rings. The molecule has 8 nitrogen and oxygen atoms in total. The lowest BCUT2D eigenvalue weighted by Crippen LogP contribution is -2.38. The van der Waals surface area contributed by atoms with Crippen molar-refractivity contribution >= 4 is 29.0 Å².